The van der Waals surface area contributed by atoms with Crippen LogP contribution in [0.2, 0.25) is 0 Å². The molecule has 0 saturated carbocycles. The van der Waals surface area contributed by atoms with Crippen molar-refractivity contribution in [2.45, 2.75) is 69.4 Å². The molecule has 0 radical (unpaired) electrons. The molecule has 1 aromatic heterocycles. The van der Waals surface area contributed by atoms with E-state index in [1.807, 2.05) is 45.9 Å². The lowest BCUT2D eigenvalue weighted by atomic mass is 9.97. The topological polar surface area (TPSA) is 75.4 Å². The Balaban J connectivity index is 1.80. The van der Waals surface area contributed by atoms with Crippen LogP contribution < -0.4 is 11.4 Å². The number of alkyl halides is 1. The Morgan fingerprint density at radius 3 is 2.53 bits per heavy atom. The summed E-state index contributed by atoms with van der Waals surface area (Å²) in [6.07, 6.45) is 7.22. The molecule has 1 unspecified atom stereocenters. The zero-order valence-electron chi connectivity index (χ0n) is 18.0. The van der Waals surface area contributed by atoms with Crippen molar-refractivity contribution < 1.29 is 9.47 Å². The van der Waals surface area contributed by atoms with Gasteiger partial charge in [-0.05, 0) is 44.9 Å². The van der Waals surface area contributed by atoms with E-state index < -0.39 is 16.4 Å². The molecule has 1 aromatic rings. The molecule has 2 aliphatic rings. The van der Waals surface area contributed by atoms with E-state index >= 15 is 0 Å². The third kappa shape index (κ3) is 5.87. The molecule has 1 saturated heterocycles. The Hall–Kier alpha value is -1.35. The molecule has 1 aliphatic heterocycles. The zero-order valence-corrected chi connectivity index (χ0v) is 19.6. The fourth-order valence-electron chi connectivity index (χ4n) is 3.33. The van der Waals surface area contributed by atoms with Gasteiger partial charge in [0.15, 0.2) is 10.9 Å². The summed E-state index contributed by atoms with van der Waals surface area (Å²) >= 11 is 7.74. The summed E-state index contributed by atoms with van der Waals surface area (Å²) in [6.45, 7) is 9.41. The first kappa shape index (κ1) is 23.3. The largest absolute Gasteiger partial charge is 0.354 e. The average molecular weight is 456 g/mol. The number of hydrogen-bond donors (Lipinski definition) is 0. The molecule has 0 N–H and O–H groups in total. The van der Waals surface area contributed by atoms with Gasteiger partial charge in [0.25, 0.3) is 0 Å². The maximum Gasteiger partial charge on any atom is 0.354 e. The van der Waals surface area contributed by atoms with Gasteiger partial charge in [-0.3, -0.25) is 4.57 Å². The van der Waals surface area contributed by atoms with E-state index in [-0.39, 0.29) is 18.2 Å². The van der Waals surface area contributed by atoms with Gasteiger partial charge < -0.3 is 9.47 Å². The highest BCUT2D eigenvalue weighted by atomic mass is 35.5. The average Bonchev–Trinajstić information content (AvgIpc) is 2.67. The Morgan fingerprint density at radius 1 is 1.23 bits per heavy atom. The minimum absolute atomic E-state index is 0.132. The predicted molar refractivity (Wildman–Crippen MR) is 119 cm³/mol. The lowest BCUT2D eigenvalue weighted by Gasteiger charge is -2.35. The molecule has 0 aromatic carbocycles. The summed E-state index contributed by atoms with van der Waals surface area (Å²) in [6, 6.07) is 0. The van der Waals surface area contributed by atoms with Crippen LogP contribution in [0.3, 0.4) is 0 Å². The van der Waals surface area contributed by atoms with Gasteiger partial charge >= 0.3 is 11.4 Å². The SMILES string of the molecule is CCSc1nc(=O)n(CCC2COC(C)(C)OC2)c(=O)n1CC1=CCC(C)(Cl)C=C1. The molecule has 0 spiro atoms. The van der Waals surface area contributed by atoms with Gasteiger partial charge in [-0.2, -0.15) is 4.98 Å². The number of nitrogens with zero attached hydrogens (tertiary/aromatic N) is 3. The minimum atomic E-state index is -0.582. The van der Waals surface area contributed by atoms with Crippen molar-refractivity contribution in [1.29, 1.82) is 0 Å². The number of halogens is 1. The number of rotatable bonds is 7. The fraction of sp³-hybridized carbons (Fsp3) is 0.667. The van der Waals surface area contributed by atoms with E-state index in [9.17, 15) is 9.59 Å². The summed E-state index contributed by atoms with van der Waals surface area (Å²) in [5, 5.41) is 0.448. The van der Waals surface area contributed by atoms with Gasteiger partial charge in [0, 0.05) is 12.5 Å². The molecule has 9 heteroatoms. The van der Waals surface area contributed by atoms with Crippen LogP contribution >= 0.6 is 23.4 Å². The van der Waals surface area contributed by atoms with Crippen molar-refractivity contribution >= 4 is 23.4 Å². The Labute approximate surface area is 186 Å². The van der Waals surface area contributed by atoms with Gasteiger partial charge in [-0.15, -0.1) is 11.6 Å². The van der Waals surface area contributed by atoms with E-state index in [0.717, 1.165) is 11.3 Å². The van der Waals surface area contributed by atoms with E-state index in [1.54, 1.807) is 4.57 Å². The molecule has 30 heavy (non-hydrogen) atoms. The summed E-state index contributed by atoms with van der Waals surface area (Å²) in [7, 11) is 0. The molecule has 1 aliphatic carbocycles. The molecular formula is C21H30ClN3O4S. The van der Waals surface area contributed by atoms with Crippen LogP contribution in [0.25, 0.3) is 0 Å². The minimum Gasteiger partial charge on any atom is -0.350 e. The number of ether oxygens (including phenoxy) is 2. The second-order valence-corrected chi connectivity index (χ2v) is 10.5. The molecule has 166 valence electrons. The second kappa shape index (κ2) is 9.42. The predicted octanol–water partition coefficient (Wildman–Crippen LogP) is 3.19. The van der Waals surface area contributed by atoms with Crippen LogP contribution in [-0.2, 0) is 22.6 Å². The molecular weight excluding hydrogens is 426 g/mol. The zero-order chi connectivity index (χ0) is 21.9. The highest BCUT2D eigenvalue weighted by molar-refractivity contribution is 7.99. The summed E-state index contributed by atoms with van der Waals surface area (Å²) in [5.74, 6) is 0.269. The van der Waals surface area contributed by atoms with E-state index in [0.29, 0.717) is 37.8 Å². The van der Waals surface area contributed by atoms with Crippen LogP contribution in [0.1, 0.15) is 40.5 Å². The summed E-state index contributed by atoms with van der Waals surface area (Å²) in [5.41, 5.74) is 0.139. The molecule has 0 bridgehead atoms. The first-order valence-corrected chi connectivity index (χ1v) is 11.7. The third-order valence-electron chi connectivity index (χ3n) is 5.23. The van der Waals surface area contributed by atoms with Crippen LogP contribution in [0.5, 0.6) is 0 Å². The van der Waals surface area contributed by atoms with Crippen molar-refractivity contribution in [3.8, 4) is 0 Å². The molecule has 1 fully saturated rings. The van der Waals surface area contributed by atoms with Crippen LogP contribution in [0.4, 0.5) is 0 Å². The standard InChI is InChI=1S/C21H30ClN3O4S/c1-5-30-18-23-17(26)24(11-8-16-13-28-20(2,3)29-14-16)19(27)25(18)12-15-6-9-21(4,22)10-7-15/h6-7,9,16H,5,8,10-14H2,1-4H3. The van der Waals surface area contributed by atoms with Gasteiger partial charge in [0.05, 0.1) is 24.6 Å². The lowest BCUT2D eigenvalue weighted by molar-refractivity contribution is -0.262. The third-order valence-corrected chi connectivity index (χ3v) is 6.37. The van der Waals surface area contributed by atoms with Gasteiger partial charge in [-0.25, -0.2) is 14.2 Å². The highest BCUT2D eigenvalue weighted by Crippen LogP contribution is 2.28. The van der Waals surface area contributed by atoms with E-state index in [2.05, 4.69) is 4.98 Å². The second-order valence-electron chi connectivity index (χ2n) is 8.40. The Morgan fingerprint density at radius 2 is 1.93 bits per heavy atom. The lowest BCUT2D eigenvalue weighted by Crippen LogP contribution is -2.44. The monoisotopic (exact) mass is 455 g/mol. The van der Waals surface area contributed by atoms with Gasteiger partial charge in [0.1, 0.15) is 0 Å². The van der Waals surface area contributed by atoms with E-state index in [4.69, 9.17) is 21.1 Å². The van der Waals surface area contributed by atoms with Crippen LogP contribution in [0, 0.1) is 5.92 Å². The smallest absolute Gasteiger partial charge is 0.350 e. The van der Waals surface area contributed by atoms with E-state index in [1.165, 1.54) is 16.3 Å². The molecule has 0 amide bonds. The molecule has 1 atom stereocenters. The van der Waals surface area contributed by atoms with Crippen LogP contribution in [-0.4, -0.2) is 43.7 Å². The summed E-state index contributed by atoms with van der Waals surface area (Å²) < 4.78 is 14.2. The normalized spacial score (nSPS) is 24.1. The van der Waals surface area contributed by atoms with Gasteiger partial charge in [0.2, 0.25) is 0 Å². The Kier molecular flexibility index (Phi) is 7.32. The maximum atomic E-state index is 13.2. The fourth-order valence-corrected chi connectivity index (χ4v) is 4.17. The number of aromatic nitrogens is 3. The maximum absolute atomic E-state index is 13.2. The van der Waals surface area contributed by atoms with Crippen molar-refractivity contribution in [3.05, 3.63) is 44.8 Å². The number of hydrogen-bond acceptors (Lipinski definition) is 6. The van der Waals surface area contributed by atoms with Crippen LogP contribution in [0.15, 0.2) is 38.5 Å². The number of allylic oxidation sites excluding steroid dienone is 4. The van der Waals surface area contributed by atoms with Crippen molar-refractivity contribution in [2.75, 3.05) is 19.0 Å². The molecule has 7 nitrogen and oxygen atoms in total. The number of thioether (sulfide) groups is 1. The highest BCUT2D eigenvalue weighted by Gasteiger charge is 2.28. The molecule has 3 rings (SSSR count). The van der Waals surface area contributed by atoms with Crippen molar-refractivity contribution in [1.82, 2.24) is 14.1 Å². The van der Waals surface area contributed by atoms with Crippen molar-refractivity contribution in [2.24, 2.45) is 5.92 Å². The quantitative estimate of drug-likeness (QED) is 0.464. The first-order valence-electron chi connectivity index (χ1n) is 10.3. The summed E-state index contributed by atoms with van der Waals surface area (Å²) in [4.78, 5) is 29.6. The first-order chi connectivity index (χ1) is 14.1. The Bertz CT molecular complexity index is 939. The van der Waals surface area contributed by atoms with Gasteiger partial charge in [-0.1, -0.05) is 36.9 Å². The molecule has 2 heterocycles. The van der Waals surface area contributed by atoms with Crippen molar-refractivity contribution in [3.63, 3.8) is 0 Å².